The number of nitrogens with zero attached hydrogens (tertiary/aromatic N) is 2. The SMILES string of the molecule is [Be+2].[Be+2].[Be+2].[N-3].[N-3]. The molecule has 0 aromatic heterocycles. The largest absolute Gasteiger partial charge is 3.00 e. The molecule has 0 heterocycles. The van der Waals surface area contributed by atoms with Crippen LogP contribution in [-0.2, 0) is 0 Å². The predicted octanol–water partition coefficient (Wildman–Crippen LogP) is -0.565. The Balaban J connectivity index is 0. The molecule has 0 amide bonds. The summed E-state index contributed by atoms with van der Waals surface area (Å²) in [4.78, 5) is 0. The standard InChI is InChI=1S/3Be.2N/q3*+2;2*-3. The molecule has 0 aromatic rings. The molecular weight excluding hydrogens is 55.0 g/mol. The van der Waals surface area contributed by atoms with Gasteiger partial charge in [0.25, 0.3) is 0 Å². The van der Waals surface area contributed by atoms with Crippen LogP contribution < -0.4 is 0 Å². The van der Waals surface area contributed by atoms with E-state index in [2.05, 4.69) is 0 Å². The molecule has 5 heteroatoms. The maximum atomic E-state index is 0. The number of rotatable bonds is 0. The van der Waals surface area contributed by atoms with E-state index < -0.39 is 0 Å². The first-order chi connectivity index (χ1) is 0. The predicted molar refractivity (Wildman–Crippen MR) is 24.0 cm³/mol. The van der Waals surface area contributed by atoms with Crippen LogP contribution in [0.2, 0.25) is 0 Å². The molecule has 0 saturated carbocycles. The van der Waals surface area contributed by atoms with Gasteiger partial charge in [0, 0.05) is 0 Å². The molecule has 0 rings (SSSR count). The molecule has 2 nitrogen and oxygen atoms in total. The fraction of sp³-hybridized carbons (Fsp3) is 0. The molecule has 0 saturated heterocycles. The van der Waals surface area contributed by atoms with Crippen molar-refractivity contribution in [2.24, 2.45) is 0 Å². The zero-order chi connectivity index (χ0) is 0. The first-order valence-electron chi connectivity index (χ1n) is 0. The molecule has 0 aliphatic carbocycles. The second-order valence-electron chi connectivity index (χ2n) is 0. The summed E-state index contributed by atoms with van der Waals surface area (Å²) in [5, 5.41) is 0. The van der Waals surface area contributed by atoms with Gasteiger partial charge in [0.1, 0.15) is 0 Å². The second kappa shape index (κ2) is 286. The van der Waals surface area contributed by atoms with Crippen LogP contribution >= 0.6 is 0 Å². The molecule has 0 atom stereocenters. The van der Waals surface area contributed by atoms with E-state index in [0.29, 0.717) is 0 Å². The van der Waals surface area contributed by atoms with E-state index in [4.69, 9.17) is 0 Å². The van der Waals surface area contributed by atoms with Gasteiger partial charge in [0.05, 0.1) is 0 Å². The third-order valence-electron chi connectivity index (χ3n) is 0. The Morgan fingerprint density at radius 1 is 0.400 bits per heavy atom. The average molecular weight is 55.0 g/mol. The van der Waals surface area contributed by atoms with Crippen LogP contribution in [0.15, 0.2) is 0 Å². The summed E-state index contributed by atoms with van der Waals surface area (Å²) >= 11 is 0. The molecule has 0 spiro atoms. The minimum atomic E-state index is 0. The zero-order valence-electron chi connectivity index (χ0n) is 3.02. The van der Waals surface area contributed by atoms with Gasteiger partial charge in [-0.05, 0) is 0 Å². The van der Waals surface area contributed by atoms with Gasteiger partial charge in [-0.25, -0.2) is 0 Å². The van der Waals surface area contributed by atoms with Crippen molar-refractivity contribution in [3.8, 4) is 0 Å². The zero-order valence-corrected chi connectivity index (χ0v) is 3.02. The van der Waals surface area contributed by atoms with Crippen molar-refractivity contribution in [2.45, 2.75) is 0 Å². The molecule has 0 aliphatic heterocycles. The maximum Gasteiger partial charge on any atom is 2.00 e. The Morgan fingerprint density at radius 2 is 0.400 bits per heavy atom. The summed E-state index contributed by atoms with van der Waals surface area (Å²) < 4.78 is 0. The maximum absolute atomic E-state index is 0. The van der Waals surface area contributed by atoms with Crippen molar-refractivity contribution >= 4 is 30.4 Å². The van der Waals surface area contributed by atoms with E-state index in [0.717, 1.165) is 0 Å². The van der Waals surface area contributed by atoms with E-state index >= 15 is 0 Å². The van der Waals surface area contributed by atoms with Gasteiger partial charge >= 0.3 is 30.4 Å². The van der Waals surface area contributed by atoms with Crippen molar-refractivity contribution in [3.05, 3.63) is 12.3 Å². The first-order valence-corrected chi connectivity index (χ1v) is 0. The third kappa shape index (κ3) is 143. The van der Waals surface area contributed by atoms with Gasteiger partial charge in [-0.15, -0.1) is 0 Å². The third-order valence-corrected chi connectivity index (χ3v) is 0. The summed E-state index contributed by atoms with van der Waals surface area (Å²) in [7, 11) is 0. The summed E-state index contributed by atoms with van der Waals surface area (Å²) in [5.74, 6) is 0. The smallest absolute Gasteiger partial charge is 2.00 e. The monoisotopic (exact) mass is 55.0 g/mol. The van der Waals surface area contributed by atoms with Crippen molar-refractivity contribution < 1.29 is 0 Å². The second-order valence-corrected chi connectivity index (χ2v) is 0. The summed E-state index contributed by atoms with van der Waals surface area (Å²) in [5.41, 5.74) is 0. The Bertz CT molecular complexity index is 4.85. The van der Waals surface area contributed by atoms with E-state index in [1.807, 2.05) is 0 Å². The Morgan fingerprint density at radius 3 is 0.400 bits per heavy atom. The molecule has 0 unspecified atom stereocenters. The van der Waals surface area contributed by atoms with Crippen molar-refractivity contribution in [1.29, 1.82) is 0 Å². The molecule has 0 aliphatic rings. The summed E-state index contributed by atoms with van der Waals surface area (Å²) in [6.07, 6.45) is 0. The minimum Gasteiger partial charge on any atom is -3.00 e. The van der Waals surface area contributed by atoms with Gasteiger partial charge in [0.15, 0.2) is 0 Å². The van der Waals surface area contributed by atoms with Crippen LogP contribution in [0.5, 0.6) is 0 Å². The molecule has 5 heavy (non-hydrogen) atoms. The molecule has 16 valence electrons. The topological polar surface area (TPSA) is 61.0 Å². The number of hydrogen-bond donors (Lipinski definition) is 0. The quantitative estimate of drug-likeness (QED) is 0.333. The summed E-state index contributed by atoms with van der Waals surface area (Å²) in [6, 6.07) is 0. The van der Waals surface area contributed by atoms with Crippen molar-refractivity contribution in [2.75, 3.05) is 0 Å². The number of hydrogen-bond acceptors (Lipinski definition) is 0. The minimum absolute atomic E-state index is 0. The van der Waals surface area contributed by atoms with Crippen molar-refractivity contribution in [1.82, 2.24) is 0 Å². The van der Waals surface area contributed by atoms with Gasteiger partial charge in [-0.2, -0.15) is 0 Å². The molecular formula is Be3N2. The van der Waals surface area contributed by atoms with E-state index in [1.165, 1.54) is 0 Å². The van der Waals surface area contributed by atoms with Gasteiger partial charge in [0.2, 0.25) is 0 Å². The van der Waals surface area contributed by atoms with E-state index in [9.17, 15) is 0 Å². The van der Waals surface area contributed by atoms with Crippen LogP contribution in [0, 0.1) is 0 Å². The van der Waals surface area contributed by atoms with Crippen LogP contribution in [-0.4, -0.2) is 30.4 Å². The Kier molecular flexibility index (Phi) is 33400. The average Bonchev–Trinajstić information content (AvgIpc) is 0. The molecule has 0 bridgehead atoms. The molecule has 0 N–H and O–H groups in total. The molecule has 0 radical (unpaired) electrons. The van der Waals surface area contributed by atoms with Gasteiger partial charge in [-0.1, -0.05) is 0 Å². The van der Waals surface area contributed by atoms with Crippen LogP contribution in [0.3, 0.4) is 0 Å². The molecule has 0 fully saturated rings. The Labute approximate surface area is 43.5 Å². The van der Waals surface area contributed by atoms with Crippen LogP contribution in [0.1, 0.15) is 0 Å². The van der Waals surface area contributed by atoms with Gasteiger partial charge in [-0.3, -0.25) is 0 Å². The Hall–Kier alpha value is 0.426. The fourth-order valence-electron chi connectivity index (χ4n) is 0. The van der Waals surface area contributed by atoms with E-state index in [-0.39, 0.29) is 42.7 Å². The fourth-order valence-corrected chi connectivity index (χ4v) is 0. The summed E-state index contributed by atoms with van der Waals surface area (Å²) in [6.45, 7) is 0. The van der Waals surface area contributed by atoms with E-state index in [1.54, 1.807) is 0 Å². The molecule has 0 aromatic carbocycles. The first kappa shape index (κ1) is 585. The van der Waals surface area contributed by atoms with Crippen LogP contribution in [0.4, 0.5) is 0 Å². The van der Waals surface area contributed by atoms with Crippen molar-refractivity contribution in [3.63, 3.8) is 0 Å². The van der Waals surface area contributed by atoms with Crippen LogP contribution in [0.25, 0.3) is 12.3 Å². The van der Waals surface area contributed by atoms with Gasteiger partial charge < -0.3 is 12.3 Å². The normalized spacial score (nSPS) is 0.